The van der Waals surface area contributed by atoms with Crippen LogP contribution in [0.25, 0.3) is 10.6 Å². The van der Waals surface area contributed by atoms with Gasteiger partial charge in [-0.15, -0.1) is 11.3 Å². The maximum Gasteiger partial charge on any atom is 0.303 e. The number of fused-ring (bicyclic) bond motifs is 1. The average molecular weight is 388 g/mol. The van der Waals surface area contributed by atoms with Crippen LogP contribution in [0.1, 0.15) is 42.6 Å². The molecule has 1 amide bonds. The lowest BCUT2D eigenvalue weighted by molar-refractivity contribution is -0.137. The van der Waals surface area contributed by atoms with Gasteiger partial charge in [0.15, 0.2) is 11.5 Å². The van der Waals surface area contributed by atoms with Crippen molar-refractivity contribution < 1.29 is 24.2 Å². The molecule has 2 aliphatic rings. The molecule has 1 atom stereocenters. The first-order valence-corrected chi connectivity index (χ1v) is 9.88. The molecule has 3 heterocycles. The van der Waals surface area contributed by atoms with Crippen LogP contribution >= 0.6 is 11.3 Å². The molecule has 2 aromatic rings. The monoisotopic (exact) mass is 388 g/mol. The number of thiazole rings is 1. The van der Waals surface area contributed by atoms with E-state index in [2.05, 4.69) is 4.98 Å². The van der Waals surface area contributed by atoms with E-state index >= 15 is 0 Å². The molecule has 0 bridgehead atoms. The second-order valence-corrected chi connectivity index (χ2v) is 7.54. The summed E-state index contributed by atoms with van der Waals surface area (Å²) in [6.45, 7) is 0.868. The predicted molar refractivity (Wildman–Crippen MR) is 99.2 cm³/mol. The number of piperidine rings is 1. The maximum atomic E-state index is 13.0. The number of carbonyl (C=O) groups excluding carboxylic acids is 1. The Labute approximate surface area is 160 Å². The van der Waals surface area contributed by atoms with E-state index in [0.29, 0.717) is 30.2 Å². The third-order valence-electron chi connectivity index (χ3n) is 4.92. The van der Waals surface area contributed by atoms with Crippen molar-refractivity contribution >= 4 is 23.2 Å². The van der Waals surface area contributed by atoms with Crippen LogP contribution in [0.15, 0.2) is 23.6 Å². The fourth-order valence-corrected chi connectivity index (χ4v) is 4.33. The van der Waals surface area contributed by atoms with Crippen molar-refractivity contribution in [3.05, 3.63) is 29.3 Å². The van der Waals surface area contributed by atoms with E-state index < -0.39 is 5.97 Å². The maximum absolute atomic E-state index is 13.0. The molecule has 142 valence electrons. The van der Waals surface area contributed by atoms with Crippen LogP contribution in [0, 0.1) is 0 Å². The highest BCUT2D eigenvalue weighted by Gasteiger charge is 2.29. The van der Waals surface area contributed by atoms with E-state index in [1.165, 1.54) is 11.3 Å². The molecule has 8 heteroatoms. The van der Waals surface area contributed by atoms with Gasteiger partial charge in [0.2, 0.25) is 6.79 Å². The largest absolute Gasteiger partial charge is 0.481 e. The Kier molecular flexibility index (Phi) is 4.98. The fraction of sp³-hybridized carbons (Fsp3) is 0.421. The molecule has 1 aromatic carbocycles. The highest BCUT2D eigenvalue weighted by Crippen LogP contribution is 2.37. The second kappa shape index (κ2) is 7.56. The number of rotatable bonds is 5. The first kappa shape index (κ1) is 17.8. The van der Waals surface area contributed by atoms with Crippen LogP contribution in [0.4, 0.5) is 0 Å². The standard InChI is InChI=1S/C19H20N2O5S/c22-17(23)7-5-13-3-1-2-8-21(13)19(24)14-10-27-18(20-14)12-4-6-15-16(9-12)26-11-25-15/h4,6,9-10,13H,1-3,5,7-8,11H2,(H,22,23). The Morgan fingerprint density at radius 3 is 2.96 bits per heavy atom. The average Bonchev–Trinajstić information content (AvgIpc) is 3.34. The number of benzene rings is 1. The summed E-state index contributed by atoms with van der Waals surface area (Å²) in [5.74, 6) is 0.446. The van der Waals surface area contributed by atoms with Crippen LogP contribution in [0.5, 0.6) is 11.5 Å². The SMILES string of the molecule is O=C(O)CCC1CCCCN1C(=O)c1csc(-c2ccc3c(c2)OCO3)n1. The Hall–Kier alpha value is -2.61. The number of nitrogens with zero attached hydrogens (tertiary/aromatic N) is 2. The van der Waals surface area contributed by atoms with Gasteiger partial charge in [-0.3, -0.25) is 9.59 Å². The minimum atomic E-state index is -0.827. The normalized spacial score (nSPS) is 18.5. The van der Waals surface area contributed by atoms with E-state index in [1.54, 1.807) is 10.3 Å². The summed E-state index contributed by atoms with van der Waals surface area (Å²) in [6.07, 6.45) is 3.37. The van der Waals surface area contributed by atoms with E-state index in [9.17, 15) is 9.59 Å². The highest BCUT2D eigenvalue weighted by atomic mass is 32.1. The molecule has 2 aliphatic heterocycles. The molecule has 1 N–H and O–H groups in total. The van der Waals surface area contributed by atoms with Gasteiger partial charge in [0.05, 0.1) is 0 Å². The van der Waals surface area contributed by atoms with Crippen molar-refractivity contribution in [3.8, 4) is 22.1 Å². The van der Waals surface area contributed by atoms with Crippen molar-refractivity contribution in [3.63, 3.8) is 0 Å². The molecule has 0 aliphatic carbocycles. The molecule has 0 saturated carbocycles. The Balaban J connectivity index is 1.51. The molecule has 0 radical (unpaired) electrons. The zero-order chi connectivity index (χ0) is 18.8. The van der Waals surface area contributed by atoms with Gasteiger partial charge in [0.1, 0.15) is 10.7 Å². The van der Waals surface area contributed by atoms with Crippen LogP contribution in [0.3, 0.4) is 0 Å². The molecule has 1 unspecified atom stereocenters. The number of hydrogen-bond donors (Lipinski definition) is 1. The zero-order valence-electron chi connectivity index (χ0n) is 14.7. The Bertz CT molecular complexity index is 866. The number of carboxylic acids is 1. The molecule has 1 saturated heterocycles. The van der Waals surface area contributed by atoms with Gasteiger partial charge in [0.25, 0.3) is 5.91 Å². The lowest BCUT2D eigenvalue weighted by Crippen LogP contribution is -2.44. The number of aliphatic carboxylic acids is 1. The molecular weight excluding hydrogens is 368 g/mol. The van der Waals surface area contributed by atoms with Gasteiger partial charge in [0, 0.05) is 30.0 Å². The molecule has 0 spiro atoms. The minimum Gasteiger partial charge on any atom is -0.481 e. The van der Waals surface area contributed by atoms with Gasteiger partial charge in [-0.2, -0.15) is 0 Å². The van der Waals surface area contributed by atoms with Gasteiger partial charge in [-0.05, 0) is 43.9 Å². The van der Waals surface area contributed by atoms with E-state index in [0.717, 1.165) is 29.8 Å². The minimum absolute atomic E-state index is 0.0296. The van der Waals surface area contributed by atoms with Crippen molar-refractivity contribution in [1.82, 2.24) is 9.88 Å². The van der Waals surface area contributed by atoms with Crippen molar-refractivity contribution in [2.24, 2.45) is 0 Å². The smallest absolute Gasteiger partial charge is 0.303 e. The molecule has 1 aromatic heterocycles. The van der Waals surface area contributed by atoms with Crippen LogP contribution in [-0.4, -0.2) is 46.2 Å². The van der Waals surface area contributed by atoms with Crippen LogP contribution in [0.2, 0.25) is 0 Å². The first-order chi connectivity index (χ1) is 13.1. The van der Waals surface area contributed by atoms with Gasteiger partial charge in [-0.1, -0.05) is 0 Å². The van der Waals surface area contributed by atoms with Gasteiger partial charge < -0.3 is 19.5 Å². The summed E-state index contributed by atoms with van der Waals surface area (Å²) in [4.78, 5) is 30.2. The fourth-order valence-electron chi connectivity index (χ4n) is 3.54. The second-order valence-electron chi connectivity index (χ2n) is 6.69. The number of hydrogen-bond acceptors (Lipinski definition) is 6. The van der Waals surface area contributed by atoms with E-state index in [4.69, 9.17) is 14.6 Å². The number of carbonyl (C=O) groups is 2. The van der Waals surface area contributed by atoms with E-state index in [-0.39, 0.29) is 25.2 Å². The summed E-state index contributed by atoms with van der Waals surface area (Å²) in [7, 11) is 0. The van der Waals surface area contributed by atoms with Crippen molar-refractivity contribution in [2.75, 3.05) is 13.3 Å². The van der Waals surface area contributed by atoms with Gasteiger partial charge in [-0.25, -0.2) is 4.98 Å². The number of amides is 1. The Morgan fingerprint density at radius 2 is 2.11 bits per heavy atom. The predicted octanol–water partition coefficient (Wildman–Crippen LogP) is 3.40. The lowest BCUT2D eigenvalue weighted by Gasteiger charge is -2.35. The van der Waals surface area contributed by atoms with Crippen molar-refractivity contribution in [2.45, 2.75) is 38.1 Å². The zero-order valence-corrected chi connectivity index (χ0v) is 15.5. The summed E-state index contributed by atoms with van der Waals surface area (Å²) in [6, 6.07) is 5.58. The number of ether oxygens (including phenoxy) is 2. The van der Waals surface area contributed by atoms with E-state index in [1.807, 2.05) is 18.2 Å². The quantitative estimate of drug-likeness (QED) is 0.844. The number of aromatic nitrogens is 1. The third kappa shape index (κ3) is 3.75. The highest BCUT2D eigenvalue weighted by molar-refractivity contribution is 7.13. The third-order valence-corrected chi connectivity index (χ3v) is 5.81. The van der Waals surface area contributed by atoms with Crippen LogP contribution in [-0.2, 0) is 4.79 Å². The topological polar surface area (TPSA) is 89.0 Å². The summed E-state index contributed by atoms with van der Waals surface area (Å²) in [5.41, 5.74) is 1.29. The summed E-state index contributed by atoms with van der Waals surface area (Å²) < 4.78 is 10.7. The molecular formula is C19H20N2O5S. The first-order valence-electron chi connectivity index (χ1n) is 9.00. The number of likely N-dealkylation sites (tertiary alicyclic amines) is 1. The molecule has 27 heavy (non-hydrogen) atoms. The van der Waals surface area contributed by atoms with Gasteiger partial charge >= 0.3 is 5.97 Å². The van der Waals surface area contributed by atoms with Crippen molar-refractivity contribution in [1.29, 1.82) is 0 Å². The summed E-state index contributed by atoms with van der Waals surface area (Å²) in [5, 5.41) is 11.5. The number of carboxylic acid groups (broad SMARTS) is 1. The summed E-state index contributed by atoms with van der Waals surface area (Å²) >= 11 is 1.41. The Morgan fingerprint density at radius 1 is 1.26 bits per heavy atom. The lowest BCUT2D eigenvalue weighted by atomic mass is 9.97. The molecule has 1 fully saturated rings. The van der Waals surface area contributed by atoms with Crippen LogP contribution < -0.4 is 9.47 Å². The molecule has 4 rings (SSSR count). The molecule has 7 nitrogen and oxygen atoms in total.